The number of amides is 1. The number of anilines is 1. The summed E-state index contributed by atoms with van der Waals surface area (Å²) in [7, 11) is 1.28. The van der Waals surface area contributed by atoms with Crippen molar-refractivity contribution < 1.29 is 33.3 Å². The van der Waals surface area contributed by atoms with E-state index in [9.17, 15) is 14.4 Å². The van der Waals surface area contributed by atoms with E-state index in [1.54, 1.807) is 25.1 Å². The van der Waals surface area contributed by atoms with E-state index in [4.69, 9.17) is 14.2 Å². The monoisotopic (exact) mass is 427 g/mol. The molecule has 0 spiro atoms. The van der Waals surface area contributed by atoms with Gasteiger partial charge in [-0.05, 0) is 44.5 Å². The summed E-state index contributed by atoms with van der Waals surface area (Å²) in [6.07, 6.45) is 0.751. The van der Waals surface area contributed by atoms with Crippen molar-refractivity contribution in [2.45, 2.75) is 32.8 Å². The van der Waals surface area contributed by atoms with Crippen LogP contribution in [-0.2, 0) is 25.5 Å². The molecule has 2 aromatic rings. The van der Waals surface area contributed by atoms with Crippen molar-refractivity contribution in [1.29, 1.82) is 0 Å². The molecule has 164 valence electrons. The van der Waals surface area contributed by atoms with Gasteiger partial charge in [0.1, 0.15) is 5.60 Å². The quantitative estimate of drug-likeness (QED) is 0.678. The summed E-state index contributed by atoms with van der Waals surface area (Å²) < 4.78 is 21.1. The number of rotatable bonds is 7. The Morgan fingerprint density at radius 2 is 1.90 bits per heavy atom. The minimum Gasteiger partial charge on any atom is -0.483 e. The second-order valence-corrected chi connectivity index (χ2v) is 7.80. The Hall–Kier alpha value is -3.55. The zero-order chi connectivity index (χ0) is 22.6. The second kappa shape index (κ2) is 9.07. The molecule has 0 fully saturated rings. The highest BCUT2D eigenvalue weighted by atomic mass is 16.6. The van der Waals surface area contributed by atoms with Crippen molar-refractivity contribution in [2.75, 3.05) is 25.6 Å². The number of esters is 2. The lowest BCUT2D eigenvalue weighted by atomic mass is 10.0. The fraction of sp³-hybridized carbons (Fsp3) is 0.348. The second-order valence-electron chi connectivity index (χ2n) is 7.80. The van der Waals surface area contributed by atoms with Gasteiger partial charge in [0.2, 0.25) is 0 Å². The van der Waals surface area contributed by atoms with Crippen molar-refractivity contribution in [3.8, 4) is 11.5 Å². The maximum Gasteiger partial charge on any atom is 0.344 e. The van der Waals surface area contributed by atoms with Crippen LogP contribution in [0, 0.1) is 6.92 Å². The van der Waals surface area contributed by atoms with Crippen LogP contribution in [0.1, 0.15) is 35.3 Å². The number of carbonyl (C=O) groups excluding carboxylic acids is 3. The van der Waals surface area contributed by atoms with E-state index in [-0.39, 0.29) is 12.2 Å². The Kier molecular flexibility index (Phi) is 6.48. The average Bonchev–Trinajstić information content (AvgIpc) is 3.06. The number of fused-ring (bicyclic) bond motifs is 1. The lowest BCUT2D eigenvalue weighted by Gasteiger charge is -2.18. The third-order valence-electron chi connectivity index (χ3n) is 4.70. The van der Waals surface area contributed by atoms with Crippen molar-refractivity contribution >= 4 is 23.5 Å². The molecule has 0 aliphatic carbocycles. The van der Waals surface area contributed by atoms with Crippen molar-refractivity contribution in [3.63, 3.8) is 0 Å². The standard InChI is InChI=1S/C23H25NO7/c1-14-8-9-15(22(27)28-4)10-17(14)24-19(25)12-30-20(26)13-29-18-7-5-6-16-11-23(2,3)31-21(16)18/h5-10H,11-13H2,1-4H3,(H,24,25). The molecule has 1 amide bonds. The fourth-order valence-electron chi connectivity index (χ4n) is 3.21. The minimum atomic E-state index is -0.690. The van der Waals surface area contributed by atoms with Gasteiger partial charge in [-0.3, -0.25) is 4.79 Å². The van der Waals surface area contributed by atoms with Gasteiger partial charge < -0.3 is 24.3 Å². The van der Waals surface area contributed by atoms with E-state index in [1.165, 1.54) is 13.2 Å². The summed E-state index contributed by atoms with van der Waals surface area (Å²) in [5, 5.41) is 2.62. The van der Waals surface area contributed by atoms with Crippen LogP contribution in [0.5, 0.6) is 11.5 Å². The summed E-state index contributed by atoms with van der Waals surface area (Å²) in [6.45, 7) is 4.89. The summed E-state index contributed by atoms with van der Waals surface area (Å²) in [4.78, 5) is 35.8. The molecule has 0 radical (unpaired) electrons. The van der Waals surface area contributed by atoms with Crippen molar-refractivity contribution in [2.24, 2.45) is 0 Å². The Morgan fingerprint density at radius 1 is 1.13 bits per heavy atom. The molecule has 0 unspecified atom stereocenters. The van der Waals surface area contributed by atoms with Crippen LogP contribution >= 0.6 is 0 Å². The number of hydrogen-bond donors (Lipinski definition) is 1. The topological polar surface area (TPSA) is 100 Å². The van der Waals surface area contributed by atoms with Crippen molar-refractivity contribution in [3.05, 3.63) is 53.1 Å². The summed E-state index contributed by atoms with van der Waals surface area (Å²) >= 11 is 0. The highest BCUT2D eigenvalue weighted by Crippen LogP contribution is 2.41. The van der Waals surface area contributed by atoms with Crippen LogP contribution in [0.15, 0.2) is 36.4 Å². The highest BCUT2D eigenvalue weighted by molar-refractivity contribution is 5.96. The molecule has 8 heteroatoms. The summed E-state index contributed by atoms with van der Waals surface area (Å²) in [6, 6.07) is 10.3. The fourth-order valence-corrected chi connectivity index (χ4v) is 3.21. The molecule has 0 bridgehead atoms. The molecule has 1 aliphatic rings. The van der Waals surface area contributed by atoms with Gasteiger partial charge in [-0.1, -0.05) is 18.2 Å². The van der Waals surface area contributed by atoms with Gasteiger partial charge in [0.25, 0.3) is 5.91 Å². The molecular formula is C23H25NO7. The third kappa shape index (κ3) is 5.53. The summed E-state index contributed by atoms with van der Waals surface area (Å²) in [5.41, 5.74) is 2.16. The van der Waals surface area contributed by atoms with E-state index in [0.717, 1.165) is 17.5 Å². The van der Waals surface area contributed by atoms with E-state index in [2.05, 4.69) is 10.1 Å². The lowest BCUT2D eigenvalue weighted by molar-refractivity contribution is -0.149. The number of nitrogens with one attached hydrogen (secondary N) is 1. The van der Waals surface area contributed by atoms with Crippen LogP contribution in [0.4, 0.5) is 5.69 Å². The van der Waals surface area contributed by atoms with Crippen LogP contribution in [0.2, 0.25) is 0 Å². The zero-order valence-electron chi connectivity index (χ0n) is 17.9. The highest BCUT2D eigenvalue weighted by Gasteiger charge is 2.32. The van der Waals surface area contributed by atoms with E-state index in [1.807, 2.05) is 26.0 Å². The van der Waals surface area contributed by atoms with Gasteiger partial charge in [0, 0.05) is 17.7 Å². The molecule has 0 saturated carbocycles. The van der Waals surface area contributed by atoms with Gasteiger partial charge >= 0.3 is 11.9 Å². The SMILES string of the molecule is COC(=O)c1ccc(C)c(NC(=O)COC(=O)COc2cccc3c2OC(C)(C)C3)c1. The van der Waals surface area contributed by atoms with E-state index < -0.39 is 24.5 Å². The molecule has 3 rings (SSSR count). The lowest BCUT2D eigenvalue weighted by Crippen LogP contribution is -2.25. The van der Waals surface area contributed by atoms with E-state index >= 15 is 0 Å². The Labute approximate surface area is 180 Å². The number of methoxy groups -OCH3 is 1. The predicted octanol–water partition coefficient (Wildman–Crippen LogP) is 3.06. The smallest absolute Gasteiger partial charge is 0.344 e. The van der Waals surface area contributed by atoms with Gasteiger partial charge in [-0.15, -0.1) is 0 Å². The van der Waals surface area contributed by atoms with Gasteiger partial charge in [0.05, 0.1) is 12.7 Å². The first-order valence-corrected chi connectivity index (χ1v) is 9.76. The number of para-hydroxylation sites is 1. The normalized spacial score (nSPS) is 13.5. The molecule has 31 heavy (non-hydrogen) atoms. The molecule has 2 aromatic carbocycles. The summed E-state index contributed by atoms with van der Waals surface area (Å²) in [5.74, 6) is -0.660. The third-order valence-corrected chi connectivity index (χ3v) is 4.70. The zero-order valence-corrected chi connectivity index (χ0v) is 17.9. The van der Waals surface area contributed by atoms with Crippen LogP contribution < -0.4 is 14.8 Å². The Bertz CT molecular complexity index is 1010. The molecule has 0 saturated heterocycles. The minimum absolute atomic E-state index is 0.301. The molecule has 0 aromatic heterocycles. The molecule has 1 heterocycles. The average molecular weight is 427 g/mol. The van der Waals surface area contributed by atoms with Crippen LogP contribution in [0.3, 0.4) is 0 Å². The predicted molar refractivity (Wildman–Crippen MR) is 112 cm³/mol. The first-order valence-electron chi connectivity index (χ1n) is 9.76. The maximum atomic E-state index is 12.2. The number of benzene rings is 2. The number of aryl methyl sites for hydroxylation is 1. The van der Waals surface area contributed by atoms with E-state index in [0.29, 0.717) is 22.7 Å². The molecule has 1 aliphatic heterocycles. The molecular weight excluding hydrogens is 402 g/mol. The largest absolute Gasteiger partial charge is 0.483 e. The maximum absolute atomic E-state index is 12.2. The number of carbonyl (C=O) groups is 3. The van der Waals surface area contributed by atoms with Gasteiger partial charge in [0.15, 0.2) is 24.7 Å². The Balaban J connectivity index is 1.51. The molecule has 1 N–H and O–H groups in total. The van der Waals surface area contributed by atoms with Crippen LogP contribution in [-0.4, -0.2) is 43.8 Å². The van der Waals surface area contributed by atoms with Gasteiger partial charge in [-0.2, -0.15) is 0 Å². The number of ether oxygens (including phenoxy) is 4. The first-order chi connectivity index (χ1) is 14.7. The van der Waals surface area contributed by atoms with Crippen molar-refractivity contribution in [1.82, 2.24) is 0 Å². The Morgan fingerprint density at radius 3 is 2.65 bits per heavy atom. The first kappa shape index (κ1) is 22.1. The van der Waals surface area contributed by atoms with Crippen LogP contribution in [0.25, 0.3) is 0 Å². The number of hydrogen-bond acceptors (Lipinski definition) is 7. The van der Waals surface area contributed by atoms with Gasteiger partial charge in [-0.25, -0.2) is 9.59 Å². The molecule has 0 atom stereocenters. The molecule has 8 nitrogen and oxygen atoms in total.